The van der Waals surface area contributed by atoms with Gasteiger partial charge in [-0.15, -0.1) is 0 Å². The van der Waals surface area contributed by atoms with Crippen LogP contribution >= 0.6 is 15.9 Å². The fourth-order valence-electron chi connectivity index (χ4n) is 3.07. The largest absolute Gasteiger partial charge is 0.208 e. The number of hydrogen-bond acceptors (Lipinski definition) is 3. The molecule has 0 aliphatic rings. The number of halogens is 1. The molecule has 0 aliphatic heterocycles. The monoisotopic (exact) mass is 425 g/mol. The van der Waals surface area contributed by atoms with Gasteiger partial charge in [-0.1, -0.05) is 81.1 Å². The molecule has 5 heteroatoms. The van der Waals surface area contributed by atoms with Gasteiger partial charge in [-0.3, -0.25) is 0 Å². The number of rotatable bonds is 3. The first-order valence-electron chi connectivity index (χ1n) is 8.94. The van der Waals surface area contributed by atoms with Crippen LogP contribution in [0.5, 0.6) is 0 Å². The second-order valence-electron chi connectivity index (χ2n) is 6.82. The predicted molar refractivity (Wildman–Crippen MR) is 119 cm³/mol. The summed E-state index contributed by atoms with van der Waals surface area (Å²) in [4.78, 5) is 14.3. The maximum absolute atomic E-state index is 6.03. The smallest absolute Gasteiger partial charge is 0.164 e. The second-order valence-corrected chi connectivity index (χ2v) is 7.73. The Morgan fingerprint density at radius 3 is 1.61 bits per heavy atom. The van der Waals surface area contributed by atoms with Gasteiger partial charge in [0.15, 0.2) is 17.5 Å². The van der Waals surface area contributed by atoms with Crippen LogP contribution in [0.25, 0.3) is 34.2 Å². The highest BCUT2D eigenvalue weighted by molar-refractivity contribution is 9.10. The highest BCUT2D eigenvalue weighted by atomic mass is 79.9. The third kappa shape index (κ3) is 4.05. The summed E-state index contributed by atoms with van der Waals surface area (Å²) < 4.78 is 0.886. The van der Waals surface area contributed by atoms with Gasteiger partial charge in [0.2, 0.25) is 0 Å². The van der Waals surface area contributed by atoms with Crippen LogP contribution in [0.15, 0.2) is 71.2 Å². The molecule has 1 heterocycles. The number of benzene rings is 3. The molecule has 4 rings (SSSR count). The number of nitrogens with zero attached hydrogens (tertiary/aromatic N) is 3. The van der Waals surface area contributed by atoms with Crippen LogP contribution in [0.4, 0.5) is 0 Å². The van der Waals surface area contributed by atoms with Gasteiger partial charge in [-0.2, -0.15) is 0 Å². The molecule has 0 atom stereocenters. The van der Waals surface area contributed by atoms with Crippen LogP contribution in [0, 0.1) is 13.8 Å². The molecule has 0 saturated heterocycles. The summed E-state index contributed by atoms with van der Waals surface area (Å²) in [7, 11) is 6.03. The Labute approximate surface area is 174 Å². The quantitative estimate of drug-likeness (QED) is 0.431. The molecule has 0 N–H and O–H groups in total. The normalized spacial score (nSPS) is 10.8. The molecule has 3 nitrogen and oxygen atoms in total. The van der Waals surface area contributed by atoms with E-state index in [1.165, 1.54) is 0 Å². The van der Waals surface area contributed by atoms with Crippen LogP contribution in [0.3, 0.4) is 0 Å². The van der Waals surface area contributed by atoms with Crippen LogP contribution in [-0.4, -0.2) is 22.8 Å². The number of hydrogen-bond donors (Lipinski definition) is 0. The van der Waals surface area contributed by atoms with E-state index in [1.807, 2.05) is 42.5 Å². The molecule has 0 aliphatic carbocycles. The van der Waals surface area contributed by atoms with Crippen molar-refractivity contribution in [1.29, 1.82) is 0 Å². The van der Waals surface area contributed by atoms with Crippen molar-refractivity contribution < 1.29 is 0 Å². The average Bonchev–Trinajstić information content (AvgIpc) is 2.67. The van der Waals surface area contributed by atoms with Crippen molar-refractivity contribution in [3.05, 3.63) is 82.3 Å². The van der Waals surface area contributed by atoms with E-state index in [4.69, 9.17) is 22.8 Å². The van der Waals surface area contributed by atoms with Crippen molar-refractivity contribution in [3.63, 3.8) is 0 Å². The minimum atomic E-state index is 0.594. The minimum absolute atomic E-state index is 0.594. The van der Waals surface area contributed by atoms with Crippen molar-refractivity contribution in [2.75, 3.05) is 0 Å². The predicted octanol–water partition coefficient (Wildman–Crippen LogP) is 5.05. The van der Waals surface area contributed by atoms with Gasteiger partial charge < -0.3 is 0 Å². The molecule has 1 aromatic heterocycles. The van der Waals surface area contributed by atoms with E-state index in [-0.39, 0.29) is 0 Å². The van der Waals surface area contributed by atoms with Gasteiger partial charge >= 0.3 is 0 Å². The van der Waals surface area contributed by atoms with E-state index < -0.39 is 0 Å². The Balaban J connectivity index is 1.95. The van der Waals surface area contributed by atoms with E-state index in [0.29, 0.717) is 22.9 Å². The van der Waals surface area contributed by atoms with E-state index in [2.05, 4.69) is 54.0 Å². The molecular weight excluding hydrogens is 409 g/mol. The first-order valence-corrected chi connectivity index (χ1v) is 9.74. The lowest BCUT2D eigenvalue weighted by Gasteiger charge is -2.10. The SMILES string of the molecule is [B]c1cc(Br)cc(-c2nc(-c3cccc(C)c3)nc(-c3cccc(C)c3)n2)c1. The molecule has 134 valence electrons. The highest BCUT2D eigenvalue weighted by Crippen LogP contribution is 2.26. The molecule has 0 bridgehead atoms. The standard InChI is InChI=1S/C23H17BBrN3/c1-14-5-3-7-16(9-14)21-26-22(17-8-4-6-15(2)10-17)28-23(27-21)18-11-19(24)13-20(25)12-18/h3-13H,1-2H3. The summed E-state index contributed by atoms with van der Waals surface area (Å²) >= 11 is 3.51. The highest BCUT2D eigenvalue weighted by Gasteiger charge is 2.13. The molecule has 0 spiro atoms. The minimum Gasteiger partial charge on any atom is -0.208 e. The summed E-state index contributed by atoms with van der Waals surface area (Å²) in [5.41, 5.74) is 5.73. The van der Waals surface area contributed by atoms with Gasteiger partial charge in [0.25, 0.3) is 0 Å². The summed E-state index contributed by atoms with van der Waals surface area (Å²) in [6.07, 6.45) is 0. The van der Waals surface area contributed by atoms with E-state index in [9.17, 15) is 0 Å². The van der Waals surface area contributed by atoms with Crippen molar-refractivity contribution in [1.82, 2.24) is 15.0 Å². The van der Waals surface area contributed by atoms with Crippen LogP contribution in [0.2, 0.25) is 0 Å². The Bertz CT molecular complexity index is 1090. The molecule has 0 amide bonds. The molecule has 2 radical (unpaired) electrons. The van der Waals surface area contributed by atoms with Gasteiger partial charge in [-0.05, 0) is 32.0 Å². The van der Waals surface area contributed by atoms with Gasteiger partial charge in [0.1, 0.15) is 7.85 Å². The zero-order valence-electron chi connectivity index (χ0n) is 15.6. The first kappa shape index (κ1) is 18.6. The van der Waals surface area contributed by atoms with Crippen LogP contribution in [0.1, 0.15) is 11.1 Å². The summed E-state index contributed by atoms with van der Waals surface area (Å²) in [6.45, 7) is 4.12. The van der Waals surface area contributed by atoms with E-state index in [1.54, 1.807) is 0 Å². The average molecular weight is 426 g/mol. The summed E-state index contributed by atoms with van der Waals surface area (Å²) in [5, 5.41) is 0. The molecule has 0 saturated carbocycles. The maximum Gasteiger partial charge on any atom is 0.164 e. The topological polar surface area (TPSA) is 38.7 Å². The van der Waals surface area contributed by atoms with Crippen molar-refractivity contribution in [3.8, 4) is 34.2 Å². The van der Waals surface area contributed by atoms with Gasteiger partial charge in [0, 0.05) is 21.2 Å². The molecular formula is C23H17BBrN3. The maximum atomic E-state index is 6.03. The molecule has 0 fully saturated rings. The van der Waals surface area contributed by atoms with Crippen LogP contribution in [-0.2, 0) is 0 Å². The summed E-state index contributed by atoms with van der Waals surface area (Å²) in [6, 6.07) is 22.0. The van der Waals surface area contributed by atoms with Crippen molar-refractivity contribution in [2.45, 2.75) is 13.8 Å². The molecule has 3 aromatic carbocycles. The number of aromatic nitrogens is 3. The Morgan fingerprint density at radius 2 is 1.14 bits per heavy atom. The molecule has 0 unspecified atom stereocenters. The van der Waals surface area contributed by atoms with Crippen molar-refractivity contribution >= 4 is 29.2 Å². The van der Waals surface area contributed by atoms with Crippen molar-refractivity contribution in [2.24, 2.45) is 0 Å². The van der Waals surface area contributed by atoms with E-state index in [0.717, 1.165) is 32.3 Å². The second kappa shape index (κ2) is 7.68. The Morgan fingerprint density at radius 1 is 0.643 bits per heavy atom. The third-order valence-electron chi connectivity index (χ3n) is 4.37. The molecule has 28 heavy (non-hydrogen) atoms. The summed E-state index contributed by atoms with van der Waals surface area (Å²) in [5.74, 6) is 1.88. The van der Waals surface area contributed by atoms with Gasteiger partial charge in [0.05, 0.1) is 0 Å². The van der Waals surface area contributed by atoms with Crippen LogP contribution < -0.4 is 5.46 Å². The lowest BCUT2D eigenvalue weighted by Crippen LogP contribution is -2.05. The Kier molecular flexibility index (Phi) is 5.10. The third-order valence-corrected chi connectivity index (χ3v) is 4.82. The fourth-order valence-corrected chi connectivity index (χ4v) is 3.58. The molecule has 4 aromatic rings. The number of aryl methyl sites for hydroxylation is 2. The fraction of sp³-hybridized carbons (Fsp3) is 0.0870. The lowest BCUT2D eigenvalue weighted by atomic mass is 9.94. The lowest BCUT2D eigenvalue weighted by molar-refractivity contribution is 1.07. The zero-order valence-corrected chi connectivity index (χ0v) is 17.2. The van der Waals surface area contributed by atoms with Gasteiger partial charge in [-0.25, -0.2) is 15.0 Å². The first-order chi connectivity index (χ1) is 13.5. The Hall–Kier alpha value is -2.79. The zero-order chi connectivity index (χ0) is 19.7. The van der Waals surface area contributed by atoms with E-state index >= 15 is 0 Å².